The summed E-state index contributed by atoms with van der Waals surface area (Å²) in [6.07, 6.45) is 1.65. The van der Waals surface area contributed by atoms with E-state index in [2.05, 4.69) is 0 Å². The van der Waals surface area contributed by atoms with Crippen molar-refractivity contribution in [2.45, 2.75) is 25.8 Å². The van der Waals surface area contributed by atoms with Crippen molar-refractivity contribution in [1.29, 1.82) is 0 Å². The molecule has 1 aromatic rings. The molecule has 0 amide bonds. The molecule has 0 fully saturated rings. The third-order valence-electron chi connectivity index (χ3n) is 2.50. The number of ether oxygens (including phenoxy) is 2. The predicted octanol–water partition coefficient (Wildman–Crippen LogP) is 2.64. The fourth-order valence-corrected chi connectivity index (χ4v) is 1.62. The first-order valence-corrected chi connectivity index (χ1v) is 5.31. The highest BCUT2D eigenvalue weighted by molar-refractivity contribution is 5.44. The molecular formula is C12H18FNO2. The molecule has 1 aromatic carbocycles. The summed E-state index contributed by atoms with van der Waals surface area (Å²) in [4.78, 5) is 0. The van der Waals surface area contributed by atoms with E-state index in [0.717, 1.165) is 12.8 Å². The quantitative estimate of drug-likeness (QED) is 0.841. The number of methoxy groups -OCH3 is 2. The molecule has 90 valence electrons. The lowest BCUT2D eigenvalue weighted by Gasteiger charge is -2.15. The molecule has 0 bridgehead atoms. The van der Waals surface area contributed by atoms with Crippen molar-refractivity contribution >= 4 is 0 Å². The second kappa shape index (κ2) is 5.70. The van der Waals surface area contributed by atoms with E-state index in [4.69, 9.17) is 15.2 Å². The lowest BCUT2D eigenvalue weighted by Crippen LogP contribution is -2.12. The molecule has 0 aromatic heterocycles. The Morgan fingerprint density at radius 1 is 1.25 bits per heavy atom. The Bertz CT molecular complexity index is 355. The van der Waals surface area contributed by atoms with Crippen LogP contribution in [0.25, 0.3) is 0 Å². The summed E-state index contributed by atoms with van der Waals surface area (Å²) in [6, 6.07) is 2.61. The van der Waals surface area contributed by atoms with Crippen LogP contribution in [0.3, 0.4) is 0 Å². The van der Waals surface area contributed by atoms with E-state index in [1.54, 1.807) is 6.07 Å². The zero-order valence-electron chi connectivity index (χ0n) is 9.92. The Hall–Kier alpha value is -1.29. The first-order chi connectivity index (χ1) is 7.63. The third-order valence-corrected chi connectivity index (χ3v) is 2.50. The van der Waals surface area contributed by atoms with E-state index in [1.807, 2.05) is 6.92 Å². The van der Waals surface area contributed by atoms with Crippen molar-refractivity contribution in [3.63, 3.8) is 0 Å². The lowest BCUT2D eigenvalue weighted by molar-refractivity contribution is 0.350. The monoisotopic (exact) mass is 227 g/mol. The molecule has 0 saturated carbocycles. The number of hydrogen-bond donors (Lipinski definition) is 1. The molecule has 4 heteroatoms. The largest absolute Gasteiger partial charge is 0.493 e. The molecular weight excluding hydrogens is 209 g/mol. The van der Waals surface area contributed by atoms with Crippen molar-refractivity contribution in [1.82, 2.24) is 0 Å². The predicted molar refractivity (Wildman–Crippen MR) is 61.3 cm³/mol. The Labute approximate surface area is 95.4 Å². The minimum atomic E-state index is -0.349. The van der Waals surface area contributed by atoms with Gasteiger partial charge in [0.25, 0.3) is 0 Å². The standard InChI is InChI=1S/C12H18FNO2/c1-4-5-10(14)8-6-11(15-2)12(16-3)7-9(8)13/h6-7,10H,4-5,14H2,1-3H3/t10-/m1/s1. The molecule has 0 heterocycles. The van der Waals surface area contributed by atoms with Gasteiger partial charge in [0.15, 0.2) is 11.5 Å². The third kappa shape index (κ3) is 2.64. The Kier molecular flexibility index (Phi) is 4.55. The van der Waals surface area contributed by atoms with Gasteiger partial charge in [0.05, 0.1) is 14.2 Å². The fourth-order valence-electron chi connectivity index (χ4n) is 1.62. The highest BCUT2D eigenvalue weighted by atomic mass is 19.1. The van der Waals surface area contributed by atoms with Gasteiger partial charge in [-0.15, -0.1) is 0 Å². The molecule has 1 atom stereocenters. The normalized spacial score (nSPS) is 12.3. The summed E-state index contributed by atoms with van der Waals surface area (Å²) >= 11 is 0. The Morgan fingerprint density at radius 2 is 1.81 bits per heavy atom. The van der Waals surface area contributed by atoms with Gasteiger partial charge in [-0.25, -0.2) is 4.39 Å². The maximum Gasteiger partial charge on any atom is 0.163 e. The van der Waals surface area contributed by atoms with Gasteiger partial charge in [0.2, 0.25) is 0 Å². The van der Waals surface area contributed by atoms with Crippen LogP contribution in [-0.2, 0) is 0 Å². The van der Waals surface area contributed by atoms with Crippen LogP contribution < -0.4 is 15.2 Å². The molecule has 1 rings (SSSR count). The van der Waals surface area contributed by atoms with Crippen molar-refractivity contribution < 1.29 is 13.9 Å². The number of benzene rings is 1. The number of hydrogen-bond acceptors (Lipinski definition) is 3. The van der Waals surface area contributed by atoms with E-state index < -0.39 is 0 Å². The smallest absolute Gasteiger partial charge is 0.163 e. The van der Waals surface area contributed by atoms with Gasteiger partial charge in [-0.3, -0.25) is 0 Å². The van der Waals surface area contributed by atoms with Crippen LogP contribution in [-0.4, -0.2) is 14.2 Å². The van der Waals surface area contributed by atoms with Crippen LogP contribution in [0.2, 0.25) is 0 Å². The molecule has 0 unspecified atom stereocenters. The van der Waals surface area contributed by atoms with Gasteiger partial charge < -0.3 is 15.2 Å². The summed E-state index contributed by atoms with van der Waals surface area (Å²) in [7, 11) is 2.99. The van der Waals surface area contributed by atoms with Gasteiger partial charge in [0, 0.05) is 17.7 Å². The second-order valence-electron chi connectivity index (χ2n) is 3.62. The second-order valence-corrected chi connectivity index (χ2v) is 3.62. The van der Waals surface area contributed by atoms with E-state index >= 15 is 0 Å². The van der Waals surface area contributed by atoms with E-state index in [9.17, 15) is 4.39 Å². The maximum absolute atomic E-state index is 13.7. The van der Waals surface area contributed by atoms with E-state index in [-0.39, 0.29) is 11.9 Å². The SMILES string of the molecule is CCC[C@@H](N)c1cc(OC)c(OC)cc1F. The molecule has 0 aliphatic carbocycles. The van der Waals surface area contributed by atoms with Gasteiger partial charge >= 0.3 is 0 Å². The lowest BCUT2D eigenvalue weighted by atomic mass is 10.0. The van der Waals surface area contributed by atoms with E-state index in [0.29, 0.717) is 17.1 Å². The molecule has 3 nitrogen and oxygen atoms in total. The van der Waals surface area contributed by atoms with Crippen LogP contribution >= 0.6 is 0 Å². The van der Waals surface area contributed by atoms with Crippen molar-refractivity contribution in [3.8, 4) is 11.5 Å². The van der Waals surface area contributed by atoms with E-state index in [1.165, 1.54) is 20.3 Å². The van der Waals surface area contributed by atoms with Crippen LogP contribution in [0.15, 0.2) is 12.1 Å². The fraction of sp³-hybridized carbons (Fsp3) is 0.500. The summed E-state index contributed by atoms with van der Waals surface area (Å²) < 4.78 is 23.8. The summed E-state index contributed by atoms with van der Waals surface area (Å²) in [5.41, 5.74) is 6.36. The molecule has 16 heavy (non-hydrogen) atoms. The van der Waals surface area contributed by atoms with Crippen LogP contribution in [0.4, 0.5) is 4.39 Å². The highest BCUT2D eigenvalue weighted by Crippen LogP contribution is 2.32. The number of nitrogens with two attached hydrogens (primary N) is 1. The molecule has 0 saturated heterocycles. The van der Waals surface area contributed by atoms with Crippen LogP contribution in [0.1, 0.15) is 31.4 Å². The first kappa shape index (κ1) is 12.8. The van der Waals surface area contributed by atoms with Crippen molar-refractivity contribution in [2.75, 3.05) is 14.2 Å². The van der Waals surface area contributed by atoms with Gasteiger partial charge in [0.1, 0.15) is 5.82 Å². The van der Waals surface area contributed by atoms with Crippen LogP contribution in [0, 0.1) is 5.82 Å². The Morgan fingerprint density at radius 3 is 2.31 bits per heavy atom. The average Bonchev–Trinajstić information content (AvgIpc) is 2.28. The van der Waals surface area contributed by atoms with Crippen molar-refractivity contribution in [2.24, 2.45) is 5.73 Å². The molecule has 0 aliphatic heterocycles. The van der Waals surface area contributed by atoms with Gasteiger partial charge in [-0.05, 0) is 12.5 Å². The average molecular weight is 227 g/mol. The first-order valence-electron chi connectivity index (χ1n) is 5.31. The molecule has 0 radical (unpaired) electrons. The Balaban J connectivity index is 3.10. The minimum Gasteiger partial charge on any atom is -0.493 e. The summed E-state index contributed by atoms with van der Waals surface area (Å²) in [5.74, 6) is 0.538. The molecule has 0 spiro atoms. The maximum atomic E-state index is 13.7. The van der Waals surface area contributed by atoms with Gasteiger partial charge in [-0.1, -0.05) is 13.3 Å². The highest BCUT2D eigenvalue weighted by Gasteiger charge is 2.15. The number of halogens is 1. The number of rotatable bonds is 5. The van der Waals surface area contributed by atoms with Crippen molar-refractivity contribution in [3.05, 3.63) is 23.5 Å². The molecule has 2 N–H and O–H groups in total. The zero-order chi connectivity index (χ0) is 12.1. The molecule has 0 aliphatic rings. The zero-order valence-corrected chi connectivity index (χ0v) is 9.92. The summed E-state index contributed by atoms with van der Waals surface area (Å²) in [5, 5.41) is 0. The van der Waals surface area contributed by atoms with Crippen LogP contribution in [0.5, 0.6) is 11.5 Å². The minimum absolute atomic E-state index is 0.301. The van der Waals surface area contributed by atoms with Gasteiger partial charge in [-0.2, -0.15) is 0 Å². The topological polar surface area (TPSA) is 44.5 Å². The summed E-state index contributed by atoms with van der Waals surface area (Å²) in [6.45, 7) is 2.01.